The van der Waals surface area contributed by atoms with Crippen LogP contribution in [0.2, 0.25) is 0 Å². The highest BCUT2D eigenvalue weighted by Gasteiger charge is 2.39. The number of piperidine rings is 1. The van der Waals surface area contributed by atoms with E-state index in [0.717, 1.165) is 0 Å². The van der Waals surface area contributed by atoms with Crippen molar-refractivity contribution in [2.24, 2.45) is 0 Å². The molecule has 0 aliphatic carbocycles. The van der Waals surface area contributed by atoms with E-state index in [0.29, 0.717) is 22.4 Å². The lowest BCUT2D eigenvalue weighted by atomic mass is 9.85. The van der Waals surface area contributed by atoms with Gasteiger partial charge in [0.05, 0.1) is 5.41 Å². The van der Waals surface area contributed by atoms with Crippen LogP contribution in [0.15, 0.2) is 42.5 Å². The molecule has 2 heterocycles. The van der Waals surface area contributed by atoms with Gasteiger partial charge in [-0.3, -0.25) is 29.3 Å². The molecule has 3 N–H and O–H groups in total. The summed E-state index contributed by atoms with van der Waals surface area (Å²) in [5.41, 5.74) is 1.37. The highest BCUT2D eigenvalue weighted by Crippen LogP contribution is 2.29. The molecule has 2 aliphatic rings. The van der Waals surface area contributed by atoms with Crippen molar-refractivity contribution in [1.82, 2.24) is 10.2 Å². The zero-order chi connectivity index (χ0) is 23.9. The van der Waals surface area contributed by atoms with E-state index in [2.05, 4.69) is 10.6 Å². The number of benzene rings is 2. The van der Waals surface area contributed by atoms with Crippen LogP contribution in [0.4, 0.5) is 5.69 Å². The largest absolute Gasteiger partial charge is 0.481 e. The van der Waals surface area contributed by atoms with E-state index in [1.807, 2.05) is 0 Å². The van der Waals surface area contributed by atoms with Crippen LogP contribution in [0.5, 0.6) is 0 Å². The Morgan fingerprint density at radius 2 is 1.79 bits per heavy atom. The predicted octanol–water partition coefficient (Wildman–Crippen LogP) is 2.06. The van der Waals surface area contributed by atoms with Crippen molar-refractivity contribution in [3.8, 4) is 0 Å². The van der Waals surface area contributed by atoms with Gasteiger partial charge in [0.2, 0.25) is 11.8 Å². The van der Waals surface area contributed by atoms with Crippen molar-refractivity contribution in [2.75, 3.05) is 5.32 Å². The number of fused-ring (bicyclic) bond motifs is 1. The summed E-state index contributed by atoms with van der Waals surface area (Å²) >= 11 is 0. The Morgan fingerprint density at radius 1 is 1.09 bits per heavy atom. The summed E-state index contributed by atoms with van der Waals surface area (Å²) in [4.78, 5) is 62.1. The SMILES string of the molecule is CC(C)(C(=O)O)c1ccc(NC(=O)c2ccc3c(c2)C(=O)N(C2CCC(=O)NC2=O)C3)cc1. The van der Waals surface area contributed by atoms with Gasteiger partial charge in [-0.1, -0.05) is 18.2 Å². The molecule has 0 saturated carbocycles. The molecule has 170 valence electrons. The molecule has 2 aliphatic heterocycles. The van der Waals surface area contributed by atoms with Crippen molar-refractivity contribution in [3.05, 3.63) is 64.7 Å². The van der Waals surface area contributed by atoms with E-state index < -0.39 is 29.2 Å². The Kier molecular flexibility index (Phi) is 5.49. The second kappa shape index (κ2) is 8.16. The zero-order valence-electron chi connectivity index (χ0n) is 18.2. The molecule has 0 spiro atoms. The van der Waals surface area contributed by atoms with Crippen LogP contribution in [-0.4, -0.2) is 45.6 Å². The Labute approximate surface area is 189 Å². The molecule has 4 rings (SSSR count). The number of carbonyl (C=O) groups excluding carboxylic acids is 4. The Bertz CT molecular complexity index is 1190. The standard InChI is InChI=1S/C24H23N3O6/c1-24(2,23(32)33)15-5-7-16(8-6-15)25-20(29)13-3-4-14-12-27(22(31)17(14)11-13)18-9-10-19(28)26-21(18)30/h3-8,11,18H,9-10,12H2,1-2H3,(H,25,29)(H,32,33)(H,26,28,30). The number of nitrogens with zero attached hydrogens (tertiary/aromatic N) is 1. The van der Waals surface area contributed by atoms with Gasteiger partial charge in [0.15, 0.2) is 0 Å². The molecular weight excluding hydrogens is 426 g/mol. The zero-order valence-corrected chi connectivity index (χ0v) is 18.2. The molecular formula is C24H23N3O6. The summed E-state index contributed by atoms with van der Waals surface area (Å²) in [5, 5.41) is 14.4. The minimum absolute atomic E-state index is 0.173. The number of imide groups is 1. The number of carboxylic acids is 1. The third-order valence-corrected chi connectivity index (χ3v) is 6.19. The maximum Gasteiger partial charge on any atom is 0.313 e. The van der Waals surface area contributed by atoms with Crippen molar-refractivity contribution < 1.29 is 29.1 Å². The average Bonchev–Trinajstić information content (AvgIpc) is 3.09. The van der Waals surface area contributed by atoms with Crippen LogP contribution in [-0.2, 0) is 26.3 Å². The van der Waals surface area contributed by atoms with Crippen LogP contribution >= 0.6 is 0 Å². The minimum Gasteiger partial charge on any atom is -0.481 e. The summed E-state index contributed by atoms with van der Waals surface area (Å²) < 4.78 is 0. The highest BCUT2D eigenvalue weighted by molar-refractivity contribution is 6.08. The quantitative estimate of drug-likeness (QED) is 0.599. The number of anilines is 1. The number of nitrogens with one attached hydrogen (secondary N) is 2. The first-order chi connectivity index (χ1) is 15.6. The predicted molar refractivity (Wildman–Crippen MR) is 118 cm³/mol. The monoisotopic (exact) mass is 449 g/mol. The third-order valence-electron chi connectivity index (χ3n) is 6.19. The molecule has 33 heavy (non-hydrogen) atoms. The normalized spacial score (nSPS) is 18.1. The van der Waals surface area contributed by atoms with Crippen molar-refractivity contribution >= 4 is 35.3 Å². The fourth-order valence-electron chi connectivity index (χ4n) is 3.99. The van der Waals surface area contributed by atoms with E-state index in [1.54, 1.807) is 50.2 Å². The van der Waals surface area contributed by atoms with Gasteiger partial charge in [0.1, 0.15) is 6.04 Å². The Hall–Kier alpha value is -4.01. The summed E-state index contributed by atoms with van der Waals surface area (Å²) in [6, 6.07) is 10.6. The second-order valence-corrected chi connectivity index (χ2v) is 8.73. The van der Waals surface area contributed by atoms with Gasteiger partial charge in [-0.15, -0.1) is 0 Å². The van der Waals surface area contributed by atoms with Gasteiger partial charge in [-0.25, -0.2) is 0 Å². The summed E-state index contributed by atoms with van der Waals surface area (Å²) in [5.74, 6) is -2.56. The van der Waals surface area contributed by atoms with Crippen LogP contribution in [0.1, 0.15) is 58.5 Å². The van der Waals surface area contributed by atoms with Gasteiger partial charge >= 0.3 is 5.97 Å². The second-order valence-electron chi connectivity index (χ2n) is 8.73. The molecule has 1 saturated heterocycles. The van der Waals surface area contributed by atoms with Gasteiger partial charge in [0.25, 0.3) is 11.8 Å². The van der Waals surface area contributed by atoms with E-state index in [9.17, 15) is 29.1 Å². The molecule has 4 amide bonds. The first kappa shape index (κ1) is 22.2. The summed E-state index contributed by atoms with van der Waals surface area (Å²) in [6.45, 7) is 3.44. The van der Waals surface area contributed by atoms with Crippen LogP contribution < -0.4 is 10.6 Å². The molecule has 0 aromatic heterocycles. The molecule has 1 atom stereocenters. The van der Waals surface area contributed by atoms with Crippen LogP contribution in [0, 0.1) is 0 Å². The van der Waals surface area contributed by atoms with Crippen LogP contribution in [0.25, 0.3) is 0 Å². The van der Waals surface area contributed by atoms with E-state index in [1.165, 1.54) is 11.0 Å². The van der Waals surface area contributed by atoms with E-state index in [-0.39, 0.29) is 36.8 Å². The molecule has 1 fully saturated rings. The van der Waals surface area contributed by atoms with Crippen molar-refractivity contribution in [1.29, 1.82) is 0 Å². The maximum atomic E-state index is 12.9. The first-order valence-corrected chi connectivity index (χ1v) is 10.5. The highest BCUT2D eigenvalue weighted by atomic mass is 16.4. The minimum atomic E-state index is -1.06. The first-order valence-electron chi connectivity index (χ1n) is 10.5. The fourth-order valence-corrected chi connectivity index (χ4v) is 3.99. The average molecular weight is 449 g/mol. The molecule has 0 radical (unpaired) electrons. The van der Waals surface area contributed by atoms with Gasteiger partial charge in [-0.05, 0) is 55.7 Å². The van der Waals surface area contributed by atoms with E-state index >= 15 is 0 Å². The van der Waals surface area contributed by atoms with Gasteiger partial charge < -0.3 is 15.3 Å². The lowest BCUT2D eigenvalue weighted by molar-refractivity contribution is -0.142. The Morgan fingerprint density at radius 3 is 2.42 bits per heavy atom. The third kappa shape index (κ3) is 4.09. The maximum absolute atomic E-state index is 12.9. The number of hydrogen-bond donors (Lipinski definition) is 3. The summed E-state index contributed by atoms with van der Waals surface area (Å²) in [7, 11) is 0. The van der Waals surface area contributed by atoms with Gasteiger partial charge in [0, 0.05) is 29.8 Å². The van der Waals surface area contributed by atoms with Gasteiger partial charge in [-0.2, -0.15) is 0 Å². The number of hydrogen-bond acceptors (Lipinski definition) is 5. The van der Waals surface area contributed by atoms with Crippen LogP contribution in [0.3, 0.4) is 0 Å². The number of carbonyl (C=O) groups is 5. The Balaban J connectivity index is 1.48. The number of carboxylic acid groups (broad SMARTS) is 1. The molecule has 2 aromatic rings. The van der Waals surface area contributed by atoms with E-state index in [4.69, 9.17) is 0 Å². The smallest absolute Gasteiger partial charge is 0.313 e. The van der Waals surface area contributed by atoms with Crippen molar-refractivity contribution in [2.45, 2.75) is 44.7 Å². The molecule has 9 heteroatoms. The molecule has 1 unspecified atom stereocenters. The fraction of sp³-hybridized carbons (Fsp3) is 0.292. The lowest BCUT2D eigenvalue weighted by Gasteiger charge is -2.29. The molecule has 9 nitrogen and oxygen atoms in total. The number of amides is 4. The number of aliphatic carboxylic acids is 1. The van der Waals surface area contributed by atoms with Crippen molar-refractivity contribution in [3.63, 3.8) is 0 Å². The topological polar surface area (TPSA) is 133 Å². The molecule has 2 aromatic carbocycles. The summed E-state index contributed by atoms with van der Waals surface area (Å²) in [6.07, 6.45) is 0.443. The lowest BCUT2D eigenvalue weighted by Crippen LogP contribution is -2.52. The molecule has 0 bridgehead atoms. The number of rotatable bonds is 5.